The van der Waals surface area contributed by atoms with Gasteiger partial charge in [-0.15, -0.1) is 0 Å². The van der Waals surface area contributed by atoms with E-state index >= 15 is 0 Å². The van der Waals surface area contributed by atoms with Crippen molar-refractivity contribution in [1.29, 1.82) is 0 Å². The van der Waals surface area contributed by atoms with Crippen molar-refractivity contribution in [2.45, 2.75) is 43.2 Å². The van der Waals surface area contributed by atoms with Crippen LogP contribution >= 0.6 is 0 Å². The Hall–Kier alpha value is -2.70. The lowest BCUT2D eigenvalue weighted by atomic mass is 9.78. The van der Waals surface area contributed by atoms with Crippen molar-refractivity contribution < 1.29 is 33.2 Å². The van der Waals surface area contributed by atoms with E-state index in [0.29, 0.717) is 12.5 Å². The molecule has 0 amide bonds. The molecule has 1 aromatic carbocycles. The maximum atomic E-state index is 13.3. The summed E-state index contributed by atoms with van der Waals surface area (Å²) in [7, 11) is 0. The van der Waals surface area contributed by atoms with Gasteiger partial charge in [0.05, 0.1) is 28.9 Å². The Balaban J connectivity index is 1.76. The minimum absolute atomic E-state index is 0.142. The highest BCUT2D eigenvalue weighted by Crippen LogP contribution is 2.79. The third kappa shape index (κ3) is 1.63. The Labute approximate surface area is 157 Å². The Morgan fingerprint density at radius 1 is 1.21 bits per heavy atom. The van der Waals surface area contributed by atoms with Crippen LogP contribution in [0, 0.1) is 12.5 Å². The number of aromatic hydroxyl groups is 2. The molecular weight excluding hydrogens is 377 g/mol. The summed E-state index contributed by atoms with van der Waals surface area (Å²) in [5.74, 6) is -1.19. The number of ether oxygens (including phenoxy) is 1. The van der Waals surface area contributed by atoms with Gasteiger partial charge in [-0.25, -0.2) is 4.85 Å². The van der Waals surface area contributed by atoms with Crippen LogP contribution in [0.3, 0.4) is 0 Å². The first-order valence-corrected chi connectivity index (χ1v) is 8.59. The van der Waals surface area contributed by atoms with E-state index in [2.05, 4.69) is 4.85 Å². The molecule has 1 saturated carbocycles. The van der Waals surface area contributed by atoms with E-state index in [9.17, 15) is 28.5 Å². The second-order valence-corrected chi connectivity index (χ2v) is 7.97. The van der Waals surface area contributed by atoms with Gasteiger partial charge in [-0.1, -0.05) is 6.07 Å². The molecule has 28 heavy (non-hydrogen) atoms. The lowest BCUT2D eigenvalue weighted by molar-refractivity contribution is -0.136. The number of rotatable bonds is 1. The van der Waals surface area contributed by atoms with Gasteiger partial charge in [0.1, 0.15) is 16.8 Å². The normalized spacial score (nSPS) is 34.8. The van der Waals surface area contributed by atoms with Crippen LogP contribution in [0.1, 0.15) is 37.0 Å². The van der Waals surface area contributed by atoms with Gasteiger partial charge >= 0.3 is 6.18 Å². The molecule has 9 heteroatoms. The first-order chi connectivity index (χ1) is 12.9. The van der Waals surface area contributed by atoms with Gasteiger partial charge in [0.25, 0.3) is 0 Å². The molecule has 1 aromatic heterocycles. The number of hydrogen-bond donors (Lipinski definition) is 3. The highest BCUT2D eigenvalue weighted by Gasteiger charge is 2.84. The molecule has 0 spiro atoms. The van der Waals surface area contributed by atoms with Crippen molar-refractivity contribution in [3.05, 3.63) is 46.3 Å². The van der Waals surface area contributed by atoms with Crippen molar-refractivity contribution in [2.75, 3.05) is 0 Å². The summed E-state index contributed by atoms with van der Waals surface area (Å²) in [6.07, 6.45) is -4.32. The topological polar surface area (TPSA) is 79.2 Å². The molecule has 3 N–H and O–H groups in total. The summed E-state index contributed by atoms with van der Waals surface area (Å²) in [5.41, 5.74) is -4.91. The second-order valence-electron chi connectivity index (χ2n) is 7.97. The van der Waals surface area contributed by atoms with Crippen LogP contribution in [0.4, 0.5) is 18.9 Å². The third-order valence-electron chi connectivity index (χ3n) is 6.60. The summed E-state index contributed by atoms with van der Waals surface area (Å²) < 4.78 is 46.9. The third-order valence-corrected chi connectivity index (χ3v) is 6.60. The molecule has 2 fully saturated rings. The molecule has 1 saturated heterocycles. The number of benzene rings is 1. The maximum Gasteiger partial charge on any atom is 0.407 e. The van der Waals surface area contributed by atoms with Gasteiger partial charge in [-0.05, 0) is 32.4 Å². The molecule has 5 rings (SSSR count). The largest absolute Gasteiger partial charge is 0.494 e. The van der Waals surface area contributed by atoms with Crippen molar-refractivity contribution in [1.82, 2.24) is 4.57 Å². The summed E-state index contributed by atoms with van der Waals surface area (Å²) >= 11 is 0. The van der Waals surface area contributed by atoms with Gasteiger partial charge in [0.2, 0.25) is 11.8 Å². The van der Waals surface area contributed by atoms with Crippen molar-refractivity contribution in [2.24, 2.45) is 5.92 Å². The second kappa shape index (κ2) is 4.47. The quantitative estimate of drug-likeness (QED) is 0.647. The molecule has 2 unspecified atom stereocenters. The molecule has 3 aliphatic rings. The monoisotopic (exact) mass is 392 g/mol. The van der Waals surface area contributed by atoms with Gasteiger partial charge in [0, 0.05) is 5.92 Å². The Morgan fingerprint density at radius 2 is 1.86 bits per heavy atom. The predicted molar refractivity (Wildman–Crippen MR) is 89.2 cm³/mol. The minimum Gasteiger partial charge on any atom is -0.494 e. The SMILES string of the molecule is [C-]#[N+]c1ccc(-n2c(O)c3c(c2O)C2(C)OC3(C)[C@@H]3C[C@@]32O)cc1C(F)(F)F. The van der Waals surface area contributed by atoms with Gasteiger partial charge in [-0.2, -0.15) is 13.2 Å². The highest BCUT2D eigenvalue weighted by molar-refractivity contribution is 5.66. The van der Waals surface area contributed by atoms with E-state index in [1.165, 1.54) is 6.07 Å². The number of fused-ring (bicyclic) bond motifs is 8. The van der Waals surface area contributed by atoms with Crippen molar-refractivity contribution in [3.8, 4) is 17.4 Å². The molecule has 3 heterocycles. The molecule has 2 aliphatic heterocycles. The lowest BCUT2D eigenvalue weighted by Gasteiger charge is -2.28. The Kier molecular flexibility index (Phi) is 2.78. The highest BCUT2D eigenvalue weighted by atomic mass is 19.4. The standard InChI is InChI=1S/C19H15F3N2O4/c1-16-11-7-18(11,27)17(2,28-16)13-12(16)14(25)24(15(13)26)8-4-5-10(23-3)9(6-8)19(20,21)22/h4-6,11,25-27H,7H2,1-2H3/t11-,16?,17?,18+/m0/s1. The fourth-order valence-corrected chi connectivity index (χ4v) is 5.21. The van der Waals surface area contributed by atoms with Crippen LogP contribution in [0.15, 0.2) is 18.2 Å². The van der Waals surface area contributed by atoms with E-state index in [1.807, 2.05) is 0 Å². The van der Waals surface area contributed by atoms with E-state index in [1.54, 1.807) is 13.8 Å². The number of alkyl halides is 3. The average Bonchev–Trinajstić information content (AvgIpc) is 3.11. The molecule has 2 aromatic rings. The minimum atomic E-state index is -4.77. The summed E-state index contributed by atoms with van der Waals surface area (Å²) in [6, 6.07) is 2.93. The van der Waals surface area contributed by atoms with Crippen LogP contribution in [-0.4, -0.2) is 25.5 Å². The summed E-state index contributed by atoms with van der Waals surface area (Å²) in [5, 5.41) is 32.5. The number of nitrogens with zero attached hydrogens (tertiary/aromatic N) is 2. The predicted octanol–water partition coefficient (Wildman–Crippen LogP) is 3.68. The molecule has 2 bridgehead atoms. The summed E-state index contributed by atoms with van der Waals surface area (Å²) in [4.78, 5) is 2.89. The van der Waals surface area contributed by atoms with Crippen LogP contribution in [-0.2, 0) is 22.1 Å². The van der Waals surface area contributed by atoms with E-state index in [-0.39, 0.29) is 22.7 Å². The van der Waals surface area contributed by atoms with Crippen LogP contribution in [0.2, 0.25) is 0 Å². The van der Waals surface area contributed by atoms with Crippen LogP contribution < -0.4 is 0 Å². The molecule has 146 valence electrons. The fourth-order valence-electron chi connectivity index (χ4n) is 5.21. The average molecular weight is 392 g/mol. The number of aliphatic hydroxyl groups is 1. The van der Waals surface area contributed by atoms with Crippen molar-refractivity contribution >= 4 is 5.69 Å². The fraction of sp³-hybridized carbons (Fsp3) is 0.421. The Bertz CT molecular complexity index is 1120. The summed E-state index contributed by atoms with van der Waals surface area (Å²) in [6.45, 7) is 10.2. The molecular formula is C19H15F3N2O4. The van der Waals surface area contributed by atoms with Crippen LogP contribution in [0.5, 0.6) is 11.8 Å². The molecule has 4 atom stereocenters. The first-order valence-electron chi connectivity index (χ1n) is 8.59. The first kappa shape index (κ1) is 17.4. The maximum absolute atomic E-state index is 13.3. The molecule has 6 nitrogen and oxygen atoms in total. The van der Waals surface area contributed by atoms with Crippen LogP contribution in [0.25, 0.3) is 10.5 Å². The van der Waals surface area contributed by atoms with E-state index < -0.39 is 46.0 Å². The van der Waals surface area contributed by atoms with Crippen molar-refractivity contribution in [3.63, 3.8) is 0 Å². The van der Waals surface area contributed by atoms with Gasteiger partial charge in [0.15, 0.2) is 5.69 Å². The Morgan fingerprint density at radius 3 is 2.46 bits per heavy atom. The zero-order valence-electron chi connectivity index (χ0n) is 14.8. The molecule has 0 radical (unpaired) electrons. The number of aromatic nitrogens is 1. The zero-order valence-corrected chi connectivity index (χ0v) is 14.8. The number of hydrogen-bond acceptors (Lipinski definition) is 4. The van der Waals surface area contributed by atoms with E-state index in [0.717, 1.165) is 10.6 Å². The van der Waals surface area contributed by atoms with Gasteiger partial charge < -0.3 is 20.1 Å². The van der Waals surface area contributed by atoms with E-state index in [4.69, 9.17) is 11.3 Å². The lowest BCUT2D eigenvalue weighted by Crippen LogP contribution is -2.37. The zero-order chi connectivity index (χ0) is 20.4. The smallest absolute Gasteiger partial charge is 0.407 e. The van der Waals surface area contributed by atoms with Gasteiger partial charge in [-0.3, -0.25) is 4.57 Å². The molecule has 1 aliphatic carbocycles. The number of halogens is 3.